The highest BCUT2D eigenvalue weighted by molar-refractivity contribution is 5.02. The largest absolute Gasteiger partial charge is 0.299 e. The summed E-state index contributed by atoms with van der Waals surface area (Å²) in [5.41, 5.74) is 0.571. The lowest BCUT2D eigenvalue weighted by molar-refractivity contribution is -0.0569. The molecular weight excluding hydrogens is 172 g/mol. The first-order valence-corrected chi connectivity index (χ1v) is 6.13. The normalized spacial score (nSPS) is 37.1. The second-order valence-electron chi connectivity index (χ2n) is 5.23. The summed E-state index contributed by atoms with van der Waals surface area (Å²) in [6.07, 6.45) is 5.54. The first kappa shape index (κ1) is 10.4. The molecule has 82 valence electrons. The molecule has 2 aliphatic rings. The van der Waals surface area contributed by atoms with Crippen molar-refractivity contribution in [2.45, 2.75) is 51.1 Å². The third-order valence-corrected chi connectivity index (χ3v) is 4.52. The van der Waals surface area contributed by atoms with E-state index in [0.29, 0.717) is 5.54 Å². The van der Waals surface area contributed by atoms with Gasteiger partial charge in [-0.2, -0.15) is 0 Å². The molecule has 2 heterocycles. The van der Waals surface area contributed by atoms with E-state index in [-0.39, 0.29) is 0 Å². The summed E-state index contributed by atoms with van der Waals surface area (Å²) in [6, 6.07) is 0.779. The van der Waals surface area contributed by atoms with Crippen LogP contribution >= 0.6 is 0 Å². The number of likely N-dealkylation sites (N-methyl/N-ethyl adjacent to an activating group) is 1. The van der Waals surface area contributed by atoms with Crippen LogP contribution in [0.2, 0.25) is 0 Å². The minimum absolute atomic E-state index is 0.571. The van der Waals surface area contributed by atoms with E-state index in [2.05, 4.69) is 30.7 Å². The van der Waals surface area contributed by atoms with Crippen molar-refractivity contribution in [3.63, 3.8) is 0 Å². The smallest absolute Gasteiger partial charge is 0.0346 e. The fraction of sp³-hybridized carbons (Fsp3) is 1.00. The van der Waals surface area contributed by atoms with Gasteiger partial charge in [-0.25, -0.2) is 0 Å². The standard InChI is InChI=1S/C12H24N2/c1-4-11(2)14-8-5-6-12(10-14)7-9-13(12)3/h11H,4-10H2,1-3H3. The molecule has 2 nitrogen and oxygen atoms in total. The van der Waals surface area contributed by atoms with Crippen LogP contribution < -0.4 is 0 Å². The highest BCUT2D eigenvalue weighted by Gasteiger charge is 2.45. The van der Waals surface area contributed by atoms with Crippen LogP contribution in [-0.4, -0.2) is 48.1 Å². The Bertz CT molecular complexity index is 204. The summed E-state index contributed by atoms with van der Waals surface area (Å²) in [4.78, 5) is 5.26. The Balaban J connectivity index is 1.97. The summed E-state index contributed by atoms with van der Waals surface area (Å²) >= 11 is 0. The van der Waals surface area contributed by atoms with E-state index >= 15 is 0 Å². The second-order valence-corrected chi connectivity index (χ2v) is 5.23. The number of nitrogens with zero attached hydrogens (tertiary/aromatic N) is 2. The molecule has 14 heavy (non-hydrogen) atoms. The molecule has 0 saturated carbocycles. The van der Waals surface area contributed by atoms with Crippen molar-refractivity contribution in [3.05, 3.63) is 0 Å². The van der Waals surface area contributed by atoms with Gasteiger partial charge in [0.15, 0.2) is 0 Å². The third-order valence-electron chi connectivity index (χ3n) is 4.52. The van der Waals surface area contributed by atoms with Gasteiger partial charge in [0.2, 0.25) is 0 Å². The number of piperidine rings is 1. The van der Waals surface area contributed by atoms with E-state index < -0.39 is 0 Å². The topological polar surface area (TPSA) is 6.48 Å². The second kappa shape index (κ2) is 3.82. The maximum absolute atomic E-state index is 2.69. The van der Waals surface area contributed by atoms with Crippen LogP contribution in [0.25, 0.3) is 0 Å². The zero-order valence-corrected chi connectivity index (χ0v) is 9.92. The van der Waals surface area contributed by atoms with E-state index in [1.54, 1.807) is 0 Å². The lowest BCUT2D eigenvalue weighted by Gasteiger charge is -2.56. The Morgan fingerprint density at radius 3 is 2.57 bits per heavy atom. The van der Waals surface area contributed by atoms with Gasteiger partial charge in [0, 0.05) is 24.7 Å². The molecule has 0 N–H and O–H groups in total. The average Bonchev–Trinajstić information content (AvgIpc) is 2.26. The van der Waals surface area contributed by atoms with Gasteiger partial charge in [-0.05, 0) is 46.2 Å². The average molecular weight is 196 g/mol. The predicted octanol–water partition coefficient (Wildman–Crippen LogP) is 1.96. The summed E-state index contributed by atoms with van der Waals surface area (Å²) in [7, 11) is 2.30. The molecule has 0 aromatic carbocycles. The molecule has 1 spiro atoms. The summed E-state index contributed by atoms with van der Waals surface area (Å²) in [6.45, 7) is 8.63. The molecule has 0 aromatic rings. The first-order chi connectivity index (χ1) is 6.68. The van der Waals surface area contributed by atoms with Gasteiger partial charge in [-0.15, -0.1) is 0 Å². The fourth-order valence-electron chi connectivity index (χ4n) is 2.95. The van der Waals surface area contributed by atoms with E-state index in [1.807, 2.05) is 0 Å². The maximum atomic E-state index is 2.69. The van der Waals surface area contributed by atoms with E-state index in [4.69, 9.17) is 0 Å². The molecule has 2 unspecified atom stereocenters. The zero-order chi connectivity index (χ0) is 10.2. The highest BCUT2D eigenvalue weighted by Crippen LogP contribution is 2.37. The third kappa shape index (κ3) is 1.59. The van der Waals surface area contributed by atoms with Gasteiger partial charge in [-0.1, -0.05) is 6.92 Å². The van der Waals surface area contributed by atoms with E-state index in [0.717, 1.165) is 6.04 Å². The summed E-state index contributed by atoms with van der Waals surface area (Å²) in [5.74, 6) is 0. The maximum Gasteiger partial charge on any atom is 0.0346 e. The molecule has 2 saturated heterocycles. The van der Waals surface area contributed by atoms with Crippen LogP contribution in [0.4, 0.5) is 0 Å². The SMILES string of the molecule is CCC(C)N1CCCC2(CCN2C)C1. The van der Waals surface area contributed by atoms with Crippen LogP contribution in [0.3, 0.4) is 0 Å². The van der Waals surface area contributed by atoms with E-state index in [1.165, 1.54) is 45.3 Å². The van der Waals surface area contributed by atoms with Crippen molar-refractivity contribution in [1.29, 1.82) is 0 Å². The lowest BCUT2D eigenvalue weighted by Crippen LogP contribution is -2.66. The van der Waals surface area contributed by atoms with Gasteiger partial charge < -0.3 is 0 Å². The molecule has 2 heteroatoms. The Labute approximate surface area is 88.3 Å². The van der Waals surface area contributed by atoms with Crippen molar-refractivity contribution in [1.82, 2.24) is 9.80 Å². The minimum atomic E-state index is 0.571. The molecule has 0 aliphatic carbocycles. The summed E-state index contributed by atoms with van der Waals surface area (Å²) in [5, 5.41) is 0. The molecule has 2 rings (SSSR count). The lowest BCUT2D eigenvalue weighted by atomic mass is 9.78. The van der Waals surface area contributed by atoms with Crippen molar-refractivity contribution in [2.75, 3.05) is 26.7 Å². The molecule has 0 radical (unpaired) electrons. The van der Waals surface area contributed by atoms with Crippen LogP contribution in [-0.2, 0) is 0 Å². The van der Waals surface area contributed by atoms with Gasteiger partial charge in [0.1, 0.15) is 0 Å². The van der Waals surface area contributed by atoms with Gasteiger partial charge in [0.05, 0.1) is 0 Å². The van der Waals surface area contributed by atoms with Crippen LogP contribution in [0.1, 0.15) is 39.5 Å². The highest BCUT2D eigenvalue weighted by atomic mass is 15.3. The Morgan fingerprint density at radius 2 is 2.07 bits per heavy atom. The Morgan fingerprint density at radius 1 is 1.29 bits per heavy atom. The van der Waals surface area contributed by atoms with Crippen molar-refractivity contribution < 1.29 is 0 Å². The fourth-order valence-corrected chi connectivity index (χ4v) is 2.95. The molecule has 2 aliphatic heterocycles. The molecular formula is C12H24N2. The van der Waals surface area contributed by atoms with Crippen LogP contribution in [0.15, 0.2) is 0 Å². The molecule has 0 bridgehead atoms. The summed E-state index contributed by atoms with van der Waals surface area (Å²) < 4.78 is 0. The number of hydrogen-bond acceptors (Lipinski definition) is 2. The zero-order valence-electron chi connectivity index (χ0n) is 9.92. The molecule has 0 aromatic heterocycles. The van der Waals surface area contributed by atoms with Gasteiger partial charge in [0.25, 0.3) is 0 Å². The molecule has 0 amide bonds. The van der Waals surface area contributed by atoms with Crippen molar-refractivity contribution in [2.24, 2.45) is 0 Å². The number of rotatable bonds is 2. The monoisotopic (exact) mass is 196 g/mol. The minimum Gasteiger partial charge on any atom is -0.299 e. The van der Waals surface area contributed by atoms with E-state index in [9.17, 15) is 0 Å². The first-order valence-electron chi connectivity index (χ1n) is 6.13. The number of hydrogen-bond donors (Lipinski definition) is 0. The predicted molar refractivity (Wildman–Crippen MR) is 60.5 cm³/mol. The van der Waals surface area contributed by atoms with Crippen molar-refractivity contribution in [3.8, 4) is 0 Å². The Kier molecular flexibility index (Phi) is 2.85. The van der Waals surface area contributed by atoms with Gasteiger partial charge in [-0.3, -0.25) is 9.80 Å². The number of likely N-dealkylation sites (tertiary alicyclic amines) is 2. The Hall–Kier alpha value is -0.0800. The molecule has 2 fully saturated rings. The van der Waals surface area contributed by atoms with Crippen LogP contribution in [0.5, 0.6) is 0 Å². The van der Waals surface area contributed by atoms with Crippen molar-refractivity contribution >= 4 is 0 Å². The van der Waals surface area contributed by atoms with Crippen LogP contribution in [0, 0.1) is 0 Å². The van der Waals surface area contributed by atoms with Gasteiger partial charge >= 0.3 is 0 Å². The quantitative estimate of drug-likeness (QED) is 0.666. The molecule has 2 atom stereocenters.